The molecule has 0 aliphatic carbocycles. The van der Waals surface area contributed by atoms with Gasteiger partial charge in [-0.1, -0.05) is 0 Å². The molecule has 0 aromatic carbocycles. The summed E-state index contributed by atoms with van der Waals surface area (Å²) in [6.07, 6.45) is -4.63. The Hall–Kier alpha value is -1.65. The van der Waals surface area contributed by atoms with Crippen molar-refractivity contribution in [2.45, 2.75) is 6.18 Å². The zero-order valence-corrected chi connectivity index (χ0v) is 11.9. The molecule has 120 valence electrons. The quantitative estimate of drug-likeness (QED) is 0.371. The Bertz CT molecular complexity index is 440. The van der Waals surface area contributed by atoms with E-state index in [9.17, 15) is 13.2 Å². The van der Waals surface area contributed by atoms with E-state index < -0.39 is 12.0 Å². The summed E-state index contributed by atoms with van der Waals surface area (Å²) >= 11 is 0. The second-order valence-corrected chi connectivity index (χ2v) is 4.45. The smallest absolute Gasteiger partial charge is 0.378 e. The molecule has 0 aliphatic heterocycles. The monoisotopic (exact) mass is 308 g/mol. The molecule has 1 rings (SSSR count). The summed E-state index contributed by atoms with van der Waals surface area (Å²) in [5.41, 5.74) is 2.08. The van der Waals surface area contributed by atoms with Crippen molar-refractivity contribution in [3.05, 3.63) is 11.9 Å². The van der Waals surface area contributed by atoms with Gasteiger partial charge in [0.1, 0.15) is 11.6 Å². The fraction of sp³-hybridized carbons (Fsp3) is 0.636. The number of alkyl halides is 3. The molecule has 0 radical (unpaired) electrons. The van der Waals surface area contributed by atoms with Crippen LogP contribution >= 0.6 is 0 Å². The molecule has 7 nitrogen and oxygen atoms in total. The minimum atomic E-state index is -4.63. The first kappa shape index (κ1) is 17.4. The standard InChI is InChI=1S/C11H19F3N6O/c1-20(2)4-6-21-5-3-16-8-7-9(19-15)18-10(17-8)11(12,13)14/h7H,3-6,15H2,1-2H3,(H2,16,17,18,19). The van der Waals surface area contributed by atoms with E-state index in [1.165, 1.54) is 6.07 Å². The number of aromatic nitrogens is 2. The number of nitrogen functional groups attached to an aromatic ring is 1. The minimum Gasteiger partial charge on any atom is -0.378 e. The van der Waals surface area contributed by atoms with Crippen molar-refractivity contribution >= 4 is 11.6 Å². The molecule has 0 bridgehead atoms. The van der Waals surface area contributed by atoms with Crippen LogP contribution in [-0.4, -0.2) is 55.3 Å². The molecule has 1 aromatic heterocycles. The molecule has 0 saturated heterocycles. The summed E-state index contributed by atoms with van der Waals surface area (Å²) < 4.78 is 43.1. The van der Waals surface area contributed by atoms with E-state index in [1.54, 1.807) is 0 Å². The van der Waals surface area contributed by atoms with Gasteiger partial charge in [-0.25, -0.2) is 15.8 Å². The zero-order valence-electron chi connectivity index (χ0n) is 11.9. The predicted molar refractivity (Wildman–Crippen MR) is 72.7 cm³/mol. The second-order valence-electron chi connectivity index (χ2n) is 4.45. The minimum absolute atomic E-state index is 0.0292. The van der Waals surface area contributed by atoms with Crippen molar-refractivity contribution < 1.29 is 17.9 Å². The average molecular weight is 308 g/mol. The molecule has 0 atom stereocenters. The normalized spacial score (nSPS) is 11.8. The number of ether oxygens (including phenoxy) is 1. The van der Waals surface area contributed by atoms with Crippen molar-refractivity contribution in [3.63, 3.8) is 0 Å². The third-order valence-electron chi connectivity index (χ3n) is 2.36. The highest BCUT2D eigenvalue weighted by atomic mass is 19.4. The van der Waals surface area contributed by atoms with Gasteiger partial charge in [-0.2, -0.15) is 13.2 Å². The lowest BCUT2D eigenvalue weighted by Gasteiger charge is -2.12. The van der Waals surface area contributed by atoms with Gasteiger partial charge in [0, 0.05) is 19.2 Å². The van der Waals surface area contributed by atoms with Crippen LogP contribution in [0, 0.1) is 0 Å². The number of hydrazine groups is 1. The summed E-state index contributed by atoms with van der Waals surface area (Å²) in [5.74, 6) is 3.75. The highest BCUT2D eigenvalue weighted by Gasteiger charge is 2.35. The van der Waals surface area contributed by atoms with Gasteiger partial charge in [0.05, 0.1) is 13.2 Å². The van der Waals surface area contributed by atoms with Crippen LogP contribution in [0.4, 0.5) is 24.8 Å². The SMILES string of the molecule is CN(C)CCOCCNc1cc(NN)nc(C(F)(F)F)n1. The number of likely N-dealkylation sites (N-methyl/N-ethyl adjacent to an activating group) is 1. The molecular formula is C11H19F3N6O. The Morgan fingerprint density at radius 2 is 1.90 bits per heavy atom. The second kappa shape index (κ2) is 7.96. The highest BCUT2D eigenvalue weighted by molar-refractivity contribution is 5.47. The summed E-state index contributed by atoms with van der Waals surface area (Å²) in [6, 6.07) is 1.29. The van der Waals surface area contributed by atoms with Gasteiger partial charge in [-0.15, -0.1) is 0 Å². The molecule has 0 spiro atoms. The Kier molecular flexibility index (Phi) is 6.59. The van der Waals surface area contributed by atoms with E-state index in [0.29, 0.717) is 19.8 Å². The number of hydrogen-bond acceptors (Lipinski definition) is 7. The first-order chi connectivity index (χ1) is 9.82. The summed E-state index contributed by atoms with van der Waals surface area (Å²) in [6.45, 7) is 1.99. The van der Waals surface area contributed by atoms with Crippen LogP contribution in [0.3, 0.4) is 0 Å². The first-order valence-corrected chi connectivity index (χ1v) is 6.22. The van der Waals surface area contributed by atoms with Crippen molar-refractivity contribution in [2.24, 2.45) is 5.84 Å². The maximum atomic E-state index is 12.6. The van der Waals surface area contributed by atoms with Gasteiger partial charge in [-0.05, 0) is 14.1 Å². The predicted octanol–water partition coefficient (Wildman–Crippen LogP) is 0.771. The maximum absolute atomic E-state index is 12.6. The molecule has 0 unspecified atom stereocenters. The van der Waals surface area contributed by atoms with Gasteiger partial charge >= 0.3 is 6.18 Å². The Morgan fingerprint density at radius 3 is 2.48 bits per heavy atom. The van der Waals surface area contributed by atoms with E-state index >= 15 is 0 Å². The molecule has 0 fully saturated rings. The van der Waals surface area contributed by atoms with E-state index in [-0.39, 0.29) is 11.6 Å². The number of rotatable bonds is 8. The lowest BCUT2D eigenvalue weighted by Crippen LogP contribution is -2.21. The highest BCUT2D eigenvalue weighted by Crippen LogP contribution is 2.28. The third kappa shape index (κ3) is 6.56. The van der Waals surface area contributed by atoms with Crippen LogP contribution in [0.15, 0.2) is 6.07 Å². The van der Waals surface area contributed by atoms with Gasteiger partial charge in [0.2, 0.25) is 5.82 Å². The molecule has 21 heavy (non-hydrogen) atoms. The van der Waals surface area contributed by atoms with Crippen LogP contribution in [-0.2, 0) is 10.9 Å². The maximum Gasteiger partial charge on any atom is 0.451 e. The largest absolute Gasteiger partial charge is 0.451 e. The van der Waals surface area contributed by atoms with Crippen molar-refractivity contribution in [3.8, 4) is 0 Å². The number of anilines is 2. The third-order valence-corrected chi connectivity index (χ3v) is 2.36. The number of nitrogens with two attached hydrogens (primary N) is 1. The van der Waals surface area contributed by atoms with E-state index in [0.717, 1.165) is 6.54 Å². The van der Waals surface area contributed by atoms with Gasteiger partial charge in [0.15, 0.2) is 0 Å². The number of hydrogen-bond donors (Lipinski definition) is 3. The van der Waals surface area contributed by atoms with Crippen molar-refractivity contribution in [1.82, 2.24) is 14.9 Å². The fourth-order valence-electron chi connectivity index (χ4n) is 1.34. The molecule has 1 heterocycles. The molecule has 0 saturated carbocycles. The number of nitrogens with one attached hydrogen (secondary N) is 2. The number of halogens is 3. The van der Waals surface area contributed by atoms with Crippen molar-refractivity contribution in [1.29, 1.82) is 0 Å². The van der Waals surface area contributed by atoms with Crippen LogP contribution < -0.4 is 16.6 Å². The Labute approximate surface area is 120 Å². The van der Waals surface area contributed by atoms with Gasteiger partial charge in [-0.3, -0.25) is 0 Å². The summed E-state index contributed by atoms with van der Waals surface area (Å²) in [7, 11) is 3.84. The topological polar surface area (TPSA) is 88.3 Å². The summed E-state index contributed by atoms with van der Waals surface area (Å²) in [5, 5.41) is 2.73. The molecule has 0 amide bonds. The van der Waals surface area contributed by atoms with Crippen LogP contribution in [0.1, 0.15) is 5.82 Å². The van der Waals surface area contributed by atoms with Crippen LogP contribution in [0.25, 0.3) is 0 Å². The fourth-order valence-corrected chi connectivity index (χ4v) is 1.34. The average Bonchev–Trinajstić information content (AvgIpc) is 2.41. The Balaban J connectivity index is 2.51. The Morgan fingerprint density at radius 1 is 1.24 bits per heavy atom. The van der Waals surface area contributed by atoms with Crippen molar-refractivity contribution in [2.75, 3.05) is 51.1 Å². The lowest BCUT2D eigenvalue weighted by molar-refractivity contribution is -0.144. The molecule has 4 N–H and O–H groups in total. The van der Waals surface area contributed by atoms with E-state index in [2.05, 4.69) is 20.7 Å². The van der Waals surface area contributed by atoms with E-state index in [1.807, 2.05) is 19.0 Å². The summed E-state index contributed by atoms with van der Waals surface area (Å²) in [4.78, 5) is 8.61. The molecular weight excluding hydrogens is 289 g/mol. The zero-order chi connectivity index (χ0) is 15.9. The van der Waals surface area contributed by atoms with E-state index in [4.69, 9.17) is 10.6 Å². The van der Waals surface area contributed by atoms with Gasteiger partial charge in [0.25, 0.3) is 0 Å². The number of nitrogens with zero attached hydrogens (tertiary/aromatic N) is 3. The van der Waals surface area contributed by atoms with Crippen LogP contribution in [0.2, 0.25) is 0 Å². The molecule has 1 aromatic rings. The van der Waals surface area contributed by atoms with Crippen LogP contribution in [0.5, 0.6) is 0 Å². The lowest BCUT2D eigenvalue weighted by atomic mass is 10.4. The molecule has 0 aliphatic rings. The molecule has 10 heteroatoms. The van der Waals surface area contributed by atoms with Gasteiger partial charge < -0.3 is 20.4 Å². The first-order valence-electron chi connectivity index (χ1n) is 6.22.